The Balaban J connectivity index is 2.07. The molecule has 6 nitrogen and oxygen atoms in total. The van der Waals surface area contributed by atoms with Gasteiger partial charge in [0.1, 0.15) is 0 Å². The van der Waals surface area contributed by atoms with Crippen LogP contribution in [0.1, 0.15) is 6.92 Å². The molecule has 0 unspecified atom stereocenters. The Hall–Kier alpha value is -2.28. The molecule has 2 heterocycles. The van der Waals surface area contributed by atoms with Gasteiger partial charge in [0.15, 0.2) is 5.16 Å². The van der Waals surface area contributed by atoms with Crippen molar-refractivity contribution in [3.63, 3.8) is 0 Å². The Kier molecular flexibility index (Phi) is 3.19. The molecule has 1 aromatic carbocycles. The summed E-state index contributed by atoms with van der Waals surface area (Å²) in [6.45, 7) is 2.46. The first kappa shape index (κ1) is 12.7. The molecule has 0 radical (unpaired) electrons. The van der Waals surface area contributed by atoms with Crippen LogP contribution in [0.5, 0.6) is 0 Å². The summed E-state index contributed by atoms with van der Waals surface area (Å²) in [6, 6.07) is 5.76. The second-order valence-electron chi connectivity index (χ2n) is 4.23. The minimum absolute atomic E-state index is 0.210. The molecule has 2 aromatic heterocycles. The number of aromatic nitrogens is 4. The number of rotatable bonds is 3. The fourth-order valence-corrected chi connectivity index (χ4v) is 2.99. The lowest BCUT2D eigenvalue weighted by Crippen LogP contribution is -2.16. The van der Waals surface area contributed by atoms with Gasteiger partial charge in [-0.15, -0.1) is 5.10 Å². The summed E-state index contributed by atoms with van der Waals surface area (Å²) in [5, 5.41) is 9.02. The third-order valence-electron chi connectivity index (χ3n) is 3.06. The fourth-order valence-electron chi connectivity index (χ4n) is 2.02. The largest absolute Gasteiger partial charge is 0.397 e. The molecule has 7 heteroatoms. The maximum Gasteiger partial charge on any atom is 0.343 e. The summed E-state index contributed by atoms with van der Waals surface area (Å²) in [4.78, 5) is 16.5. The highest BCUT2D eigenvalue weighted by Gasteiger charge is 2.11. The smallest absolute Gasteiger partial charge is 0.343 e. The number of aromatic amines is 1. The first-order chi connectivity index (χ1) is 9.70. The SMILES string of the molecule is CCn1c(Sc2ccc3cnccc3c2N)n[nH]c1=O. The van der Waals surface area contributed by atoms with E-state index < -0.39 is 0 Å². The predicted molar refractivity (Wildman–Crippen MR) is 78.8 cm³/mol. The maximum atomic E-state index is 11.6. The van der Waals surface area contributed by atoms with E-state index in [1.165, 1.54) is 11.8 Å². The number of nitrogens with one attached hydrogen (secondary N) is 1. The van der Waals surface area contributed by atoms with Crippen LogP contribution in [-0.4, -0.2) is 19.7 Å². The summed E-state index contributed by atoms with van der Waals surface area (Å²) in [5.74, 6) is 0. The summed E-state index contributed by atoms with van der Waals surface area (Å²) >= 11 is 1.38. The number of nitrogens with two attached hydrogens (primary N) is 1. The van der Waals surface area contributed by atoms with E-state index in [9.17, 15) is 4.79 Å². The lowest BCUT2D eigenvalue weighted by atomic mass is 10.1. The number of pyridine rings is 1. The van der Waals surface area contributed by atoms with E-state index in [1.807, 2.05) is 25.1 Å². The van der Waals surface area contributed by atoms with Crippen molar-refractivity contribution in [2.24, 2.45) is 0 Å². The third kappa shape index (κ3) is 2.05. The zero-order valence-electron chi connectivity index (χ0n) is 10.8. The van der Waals surface area contributed by atoms with Gasteiger partial charge in [-0.25, -0.2) is 9.89 Å². The molecule has 0 saturated carbocycles. The van der Waals surface area contributed by atoms with Gasteiger partial charge in [0.2, 0.25) is 0 Å². The summed E-state index contributed by atoms with van der Waals surface area (Å²) in [7, 11) is 0. The quantitative estimate of drug-likeness (QED) is 0.718. The Morgan fingerprint density at radius 3 is 3.05 bits per heavy atom. The molecule has 0 saturated heterocycles. The Labute approximate surface area is 119 Å². The minimum atomic E-state index is -0.210. The van der Waals surface area contributed by atoms with Crippen molar-refractivity contribution < 1.29 is 0 Å². The van der Waals surface area contributed by atoms with Gasteiger partial charge in [-0.3, -0.25) is 9.55 Å². The highest BCUT2D eigenvalue weighted by atomic mass is 32.2. The number of hydrogen-bond acceptors (Lipinski definition) is 5. The maximum absolute atomic E-state index is 11.6. The topological polar surface area (TPSA) is 89.6 Å². The molecule has 0 aliphatic heterocycles. The van der Waals surface area contributed by atoms with E-state index in [2.05, 4.69) is 15.2 Å². The van der Waals surface area contributed by atoms with E-state index in [-0.39, 0.29) is 5.69 Å². The van der Waals surface area contributed by atoms with Crippen molar-refractivity contribution in [2.45, 2.75) is 23.5 Å². The Morgan fingerprint density at radius 1 is 1.40 bits per heavy atom. The van der Waals surface area contributed by atoms with Crippen LogP contribution in [0.25, 0.3) is 10.8 Å². The van der Waals surface area contributed by atoms with Gasteiger partial charge >= 0.3 is 5.69 Å². The van der Waals surface area contributed by atoms with Crippen LogP contribution in [0.3, 0.4) is 0 Å². The van der Waals surface area contributed by atoms with Crippen LogP contribution in [-0.2, 0) is 6.54 Å². The van der Waals surface area contributed by atoms with E-state index >= 15 is 0 Å². The van der Waals surface area contributed by atoms with Crippen LogP contribution in [0.2, 0.25) is 0 Å². The molecule has 3 N–H and O–H groups in total. The number of benzene rings is 1. The molecule has 0 spiro atoms. The van der Waals surface area contributed by atoms with Crippen LogP contribution in [0, 0.1) is 0 Å². The standard InChI is InChI=1S/C13H13N5OS/c1-2-18-12(19)16-17-13(18)20-10-4-3-8-7-15-6-5-9(8)11(10)14/h3-7H,2,14H2,1H3,(H,16,19). The lowest BCUT2D eigenvalue weighted by Gasteiger charge is -2.08. The third-order valence-corrected chi connectivity index (χ3v) is 4.13. The molecular formula is C13H13N5OS. The molecule has 3 rings (SSSR count). The summed E-state index contributed by atoms with van der Waals surface area (Å²) in [5.41, 5.74) is 6.66. The van der Waals surface area contributed by atoms with E-state index in [1.54, 1.807) is 17.0 Å². The van der Waals surface area contributed by atoms with Crippen LogP contribution >= 0.6 is 11.8 Å². The van der Waals surface area contributed by atoms with Crippen molar-refractivity contribution in [1.82, 2.24) is 19.7 Å². The molecular weight excluding hydrogens is 274 g/mol. The predicted octanol–water partition coefficient (Wildman–Crippen LogP) is 1.87. The second-order valence-corrected chi connectivity index (χ2v) is 5.24. The summed E-state index contributed by atoms with van der Waals surface area (Å²) in [6.07, 6.45) is 3.49. The molecule has 102 valence electrons. The Bertz CT molecular complexity index is 823. The van der Waals surface area contributed by atoms with E-state index in [0.717, 1.165) is 15.7 Å². The highest BCUT2D eigenvalue weighted by Crippen LogP contribution is 2.34. The molecule has 0 amide bonds. The van der Waals surface area contributed by atoms with Gasteiger partial charge in [-0.1, -0.05) is 6.07 Å². The molecule has 0 atom stereocenters. The van der Waals surface area contributed by atoms with E-state index in [4.69, 9.17) is 5.73 Å². The van der Waals surface area contributed by atoms with Crippen LogP contribution < -0.4 is 11.4 Å². The monoisotopic (exact) mass is 287 g/mol. The zero-order valence-corrected chi connectivity index (χ0v) is 11.6. The van der Waals surface area contributed by atoms with Crippen molar-refractivity contribution in [3.8, 4) is 0 Å². The highest BCUT2D eigenvalue weighted by molar-refractivity contribution is 7.99. The molecule has 3 aromatic rings. The van der Waals surface area contributed by atoms with Crippen molar-refractivity contribution >= 4 is 28.2 Å². The lowest BCUT2D eigenvalue weighted by molar-refractivity contribution is 0.660. The van der Waals surface area contributed by atoms with Crippen LogP contribution in [0.15, 0.2) is 45.4 Å². The molecule has 0 aliphatic rings. The summed E-state index contributed by atoms with van der Waals surface area (Å²) < 4.78 is 1.57. The van der Waals surface area contributed by atoms with Gasteiger partial charge in [-0.05, 0) is 30.8 Å². The average molecular weight is 287 g/mol. The first-order valence-corrected chi connectivity index (χ1v) is 6.97. The van der Waals surface area contributed by atoms with Gasteiger partial charge in [-0.2, -0.15) is 0 Å². The first-order valence-electron chi connectivity index (χ1n) is 6.16. The minimum Gasteiger partial charge on any atom is -0.397 e. The second kappa shape index (κ2) is 5.01. The number of hydrogen-bond donors (Lipinski definition) is 2. The fraction of sp³-hybridized carbons (Fsp3) is 0.154. The normalized spacial score (nSPS) is 11.1. The van der Waals surface area contributed by atoms with Gasteiger partial charge < -0.3 is 5.73 Å². The van der Waals surface area contributed by atoms with Crippen molar-refractivity contribution in [3.05, 3.63) is 41.1 Å². The van der Waals surface area contributed by atoms with Gasteiger partial charge in [0, 0.05) is 34.6 Å². The average Bonchev–Trinajstić information content (AvgIpc) is 2.82. The number of anilines is 1. The molecule has 0 bridgehead atoms. The molecule has 0 fully saturated rings. The number of nitrogens with zero attached hydrogens (tertiary/aromatic N) is 3. The number of nitrogen functional groups attached to an aromatic ring is 1. The van der Waals surface area contributed by atoms with Crippen molar-refractivity contribution in [1.29, 1.82) is 0 Å². The van der Waals surface area contributed by atoms with Gasteiger partial charge in [0.25, 0.3) is 0 Å². The zero-order chi connectivity index (χ0) is 14.1. The molecule has 20 heavy (non-hydrogen) atoms. The number of fused-ring (bicyclic) bond motifs is 1. The van der Waals surface area contributed by atoms with Crippen molar-refractivity contribution in [2.75, 3.05) is 5.73 Å². The van der Waals surface area contributed by atoms with E-state index in [0.29, 0.717) is 17.4 Å². The number of H-pyrrole nitrogens is 1. The Morgan fingerprint density at radius 2 is 2.25 bits per heavy atom. The van der Waals surface area contributed by atoms with Gasteiger partial charge in [0.05, 0.1) is 5.69 Å². The van der Waals surface area contributed by atoms with Crippen LogP contribution in [0.4, 0.5) is 5.69 Å². The molecule has 0 aliphatic carbocycles.